The van der Waals surface area contributed by atoms with Crippen LogP contribution in [0.15, 0.2) is 218 Å². The third-order valence-corrected chi connectivity index (χ3v) is 11.3. The topological polar surface area (TPSA) is 9.86 Å². The van der Waals surface area contributed by atoms with E-state index >= 15 is 0 Å². The molecule has 262 valence electrons. The van der Waals surface area contributed by atoms with E-state index < -0.39 is 0 Å². The van der Waals surface area contributed by atoms with Crippen LogP contribution in [-0.4, -0.2) is 9.13 Å². The van der Waals surface area contributed by atoms with E-state index in [0.717, 1.165) is 11.4 Å². The number of para-hydroxylation sites is 2. The largest absolute Gasteiger partial charge is 0.309 e. The van der Waals surface area contributed by atoms with E-state index in [1.165, 1.54) is 88.1 Å². The van der Waals surface area contributed by atoms with Crippen molar-refractivity contribution in [2.75, 3.05) is 0 Å². The van der Waals surface area contributed by atoms with Crippen molar-refractivity contribution < 1.29 is 0 Å². The summed E-state index contributed by atoms with van der Waals surface area (Å²) >= 11 is 0. The molecule has 0 fully saturated rings. The van der Waals surface area contributed by atoms with E-state index in [4.69, 9.17) is 0 Å². The second-order valence-corrected chi connectivity index (χ2v) is 14.6. The molecular formula is C54H36N2. The van der Waals surface area contributed by atoms with Gasteiger partial charge in [-0.25, -0.2) is 0 Å². The molecule has 2 heterocycles. The molecule has 9 aromatic carbocycles. The zero-order chi connectivity index (χ0) is 37.0. The van der Waals surface area contributed by atoms with Crippen LogP contribution in [0.3, 0.4) is 0 Å². The fourth-order valence-electron chi connectivity index (χ4n) is 8.60. The molecule has 0 bridgehead atoms. The van der Waals surface area contributed by atoms with Crippen molar-refractivity contribution in [3.8, 4) is 55.9 Å². The highest BCUT2D eigenvalue weighted by Gasteiger charge is 2.17. The van der Waals surface area contributed by atoms with Crippen molar-refractivity contribution in [2.24, 2.45) is 0 Å². The van der Waals surface area contributed by atoms with Gasteiger partial charge in [0.1, 0.15) is 0 Å². The van der Waals surface area contributed by atoms with Crippen LogP contribution in [0.4, 0.5) is 0 Å². The van der Waals surface area contributed by atoms with Crippen LogP contribution in [0.5, 0.6) is 0 Å². The Morgan fingerprint density at radius 1 is 0.196 bits per heavy atom. The van der Waals surface area contributed by atoms with E-state index in [1.807, 2.05) is 0 Å². The Kier molecular flexibility index (Phi) is 7.53. The van der Waals surface area contributed by atoms with E-state index in [1.54, 1.807) is 0 Å². The molecule has 0 N–H and O–H groups in total. The number of fused-ring (bicyclic) bond motifs is 6. The standard InChI is InChI=1S/C54H36N2/c1-3-12-37(13-4-1)39-22-24-41(25-23-39)42-16-11-17-46(34-42)56-52-21-10-8-19-48(52)50-33-29-44(36-54(50)56)43-28-32-49-47-18-7-9-20-51(47)55(53(49)35-43)45-30-26-40(27-31-45)38-14-5-2-6-15-38/h1-36H. The first-order chi connectivity index (χ1) is 27.8. The van der Waals surface area contributed by atoms with Gasteiger partial charge in [0, 0.05) is 32.9 Å². The van der Waals surface area contributed by atoms with E-state index in [9.17, 15) is 0 Å². The fraction of sp³-hybridized carbons (Fsp3) is 0. The van der Waals surface area contributed by atoms with Crippen LogP contribution in [0, 0.1) is 0 Å². The summed E-state index contributed by atoms with van der Waals surface area (Å²) in [4.78, 5) is 0. The summed E-state index contributed by atoms with van der Waals surface area (Å²) in [5.74, 6) is 0. The molecular weight excluding hydrogens is 677 g/mol. The number of rotatable bonds is 6. The SMILES string of the molecule is c1ccc(-c2ccc(-c3cccc(-n4c5ccccc5c5ccc(-c6ccc7c8ccccc8n(-c8ccc(-c9ccccc9)cc8)c7c6)cc54)c3)cc2)cc1. The molecule has 0 aliphatic rings. The fourth-order valence-corrected chi connectivity index (χ4v) is 8.60. The maximum Gasteiger partial charge on any atom is 0.0547 e. The van der Waals surface area contributed by atoms with E-state index in [0.29, 0.717) is 0 Å². The summed E-state index contributed by atoms with van der Waals surface area (Å²) in [6, 6.07) is 79.4. The number of aromatic nitrogens is 2. The second kappa shape index (κ2) is 13.2. The monoisotopic (exact) mass is 712 g/mol. The Balaban J connectivity index is 1.03. The number of hydrogen-bond acceptors (Lipinski definition) is 0. The molecule has 2 nitrogen and oxygen atoms in total. The van der Waals surface area contributed by atoms with Gasteiger partial charge in [0.25, 0.3) is 0 Å². The third-order valence-electron chi connectivity index (χ3n) is 11.3. The lowest BCUT2D eigenvalue weighted by atomic mass is 10.00. The van der Waals surface area contributed by atoms with Gasteiger partial charge < -0.3 is 9.13 Å². The highest BCUT2D eigenvalue weighted by Crippen LogP contribution is 2.39. The quantitative estimate of drug-likeness (QED) is 0.162. The molecule has 0 radical (unpaired) electrons. The molecule has 11 rings (SSSR count). The smallest absolute Gasteiger partial charge is 0.0547 e. The van der Waals surface area contributed by atoms with Crippen molar-refractivity contribution in [1.82, 2.24) is 9.13 Å². The Labute approximate surface area is 325 Å². The first kappa shape index (κ1) is 32.0. The van der Waals surface area contributed by atoms with Crippen LogP contribution in [0.25, 0.3) is 99.5 Å². The van der Waals surface area contributed by atoms with Gasteiger partial charge in [-0.3, -0.25) is 0 Å². The summed E-state index contributed by atoms with van der Waals surface area (Å²) in [6.07, 6.45) is 0. The predicted molar refractivity (Wildman–Crippen MR) is 237 cm³/mol. The van der Waals surface area contributed by atoms with Gasteiger partial charge in [-0.1, -0.05) is 170 Å². The molecule has 2 heteroatoms. The minimum Gasteiger partial charge on any atom is -0.309 e. The van der Waals surface area contributed by atoms with Gasteiger partial charge in [0.05, 0.1) is 22.1 Å². The van der Waals surface area contributed by atoms with Crippen molar-refractivity contribution in [2.45, 2.75) is 0 Å². The predicted octanol–water partition coefficient (Wildman–Crippen LogP) is 14.5. The Morgan fingerprint density at radius 2 is 0.554 bits per heavy atom. The molecule has 2 aromatic heterocycles. The molecule has 0 spiro atoms. The van der Waals surface area contributed by atoms with Gasteiger partial charge in [-0.15, -0.1) is 0 Å². The molecule has 0 saturated heterocycles. The summed E-state index contributed by atoms with van der Waals surface area (Å²) in [5, 5.41) is 5.00. The molecule has 0 aliphatic heterocycles. The number of nitrogens with zero attached hydrogens (tertiary/aromatic N) is 2. The first-order valence-corrected chi connectivity index (χ1v) is 19.3. The van der Waals surface area contributed by atoms with Crippen LogP contribution in [0.1, 0.15) is 0 Å². The molecule has 0 unspecified atom stereocenters. The van der Waals surface area contributed by atoms with E-state index in [-0.39, 0.29) is 0 Å². The lowest BCUT2D eigenvalue weighted by Crippen LogP contribution is -1.95. The van der Waals surface area contributed by atoms with Crippen molar-refractivity contribution in [3.63, 3.8) is 0 Å². The molecule has 11 aromatic rings. The van der Waals surface area contributed by atoms with Crippen molar-refractivity contribution in [1.29, 1.82) is 0 Å². The highest BCUT2D eigenvalue weighted by molar-refractivity contribution is 6.12. The summed E-state index contributed by atoms with van der Waals surface area (Å²) in [5.41, 5.74) is 16.7. The zero-order valence-electron chi connectivity index (χ0n) is 30.7. The lowest BCUT2D eigenvalue weighted by molar-refractivity contribution is 1.18. The van der Waals surface area contributed by atoms with Crippen molar-refractivity contribution in [3.05, 3.63) is 218 Å². The number of benzene rings is 9. The third kappa shape index (κ3) is 5.34. The Bertz CT molecular complexity index is 3200. The van der Waals surface area contributed by atoms with Crippen LogP contribution >= 0.6 is 0 Å². The molecule has 0 saturated carbocycles. The highest BCUT2D eigenvalue weighted by atomic mass is 15.0. The van der Waals surface area contributed by atoms with Gasteiger partial charge in [0.15, 0.2) is 0 Å². The maximum atomic E-state index is 2.43. The van der Waals surface area contributed by atoms with E-state index in [2.05, 4.69) is 228 Å². The molecule has 0 atom stereocenters. The maximum absolute atomic E-state index is 2.43. The zero-order valence-corrected chi connectivity index (χ0v) is 30.7. The minimum atomic E-state index is 1.15. The normalized spacial score (nSPS) is 11.6. The van der Waals surface area contributed by atoms with Gasteiger partial charge in [-0.2, -0.15) is 0 Å². The van der Waals surface area contributed by atoms with Gasteiger partial charge >= 0.3 is 0 Å². The lowest BCUT2D eigenvalue weighted by Gasteiger charge is -2.12. The van der Waals surface area contributed by atoms with Gasteiger partial charge in [-0.05, 0) is 93.0 Å². The first-order valence-electron chi connectivity index (χ1n) is 19.3. The molecule has 0 amide bonds. The molecule has 0 aliphatic carbocycles. The van der Waals surface area contributed by atoms with Crippen LogP contribution in [-0.2, 0) is 0 Å². The summed E-state index contributed by atoms with van der Waals surface area (Å²) < 4.78 is 4.84. The van der Waals surface area contributed by atoms with Crippen LogP contribution < -0.4 is 0 Å². The summed E-state index contributed by atoms with van der Waals surface area (Å²) in [7, 11) is 0. The van der Waals surface area contributed by atoms with Crippen molar-refractivity contribution >= 4 is 43.6 Å². The summed E-state index contributed by atoms with van der Waals surface area (Å²) in [6.45, 7) is 0. The Morgan fingerprint density at radius 3 is 1.09 bits per heavy atom. The second-order valence-electron chi connectivity index (χ2n) is 14.6. The number of hydrogen-bond donors (Lipinski definition) is 0. The average Bonchev–Trinajstić information content (AvgIpc) is 3.79. The Hall–Kier alpha value is -7.42. The van der Waals surface area contributed by atoms with Crippen LogP contribution in [0.2, 0.25) is 0 Å². The average molecular weight is 713 g/mol. The minimum absolute atomic E-state index is 1.15. The molecule has 56 heavy (non-hydrogen) atoms. The van der Waals surface area contributed by atoms with Gasteiger partial charge in [0.2, 0.25) is 0 Å².